The van der Waals surface area contributed by atoms with E-state index in [9.17, 15) is 22.8 Å². The van der Waals surface area contributed by atoms with Crippen molar-refractivity contribution < 1.29 is 32.2 Å². The molecule has 0 spiro atoms. The number of carbonyl (C=O) groups excluding carboxylic acids is 2. The molecular formula is C29H44F3N3O4. The number of esters is 1. The smallest absolute Gasteiger partial charge is 0.416 e. The Kier molecular flexibility index (Phi) is 9.19. The highest BCUT2D eigenvalue weighted by atomic mass is 19.4. The molecule has 2 fully saturated rings. The number of carbonyl (C=O) groups is 2. The summed E-state index contributed by atoms with van der Waals surface area (Å²) in [6, 6.07) is 3.89. The number of alkyl halides is 3. The summed E-state index contributed by atoms with van der Waals surface area (Å²) in [7, 11) is 0. The van der Waals surface area contributed by atoms with E-state index < -0.39 is 22.9 Å². The summed E-state index contributed by atoms with van der Waals surface area (Å²) in [5, 5.41) is 3.55. The summed E-state index contributed by atoms with van der Waals surface area (Å²) in [6.45, 7) is 15.5. The number of hydrogen-bond acceptors (Lipinski definition) is 6. The molecule has 1 amide bonds. The Hall–Kier alpha value is -2.49. The SMILES string of the molecule is CC1(NCc2ccc(C(F)(F)F)cc2N2CCC(C(=O)OC(C)(C)C)CC2)CCN(C(=O)OC(C)(C)C)CC1. The molecule has 1 N–H and O–H groups in total. The van der Waals surface area contributed by atoms with Crippen LogP contribution in [0, 0.1) is 5.92 Å². The molecule has 0 atom stereocenters. The quantitative estimate of drug-likeness (QED) is 0.440. The predicted molar refractivity (Wildman–Crippen MR) is 145 cm³/mol. The van der Waals surface area contributed by atoms with Crippen molar-refractivity contribution in [2.75, 3.05) is 31.1 Å². The standard InChI is InChI=1S/C29H44F3N3O4/c1-26(2,3)38-24(36)20-10-14-34(15-11-20)23-18-22(29(30,31)32)9-8-21(23)19-33-28(7)12-16-35(17-13-28)25(37)39-27(4,5)6/h8-9,18,20,33H,10-17,19H2,1-7H3. The molecule has 220 valence electrons. The lowest BCUT2D eigenvalue weighted by atomic mass is 9.89. The Morgan fingerprint density at radius 3 is 2.03 bits per heavy atom. The van der Waals surface area contributed by atoms with Gasteiger partial charge in [-0.15, -0.1) is 0 Å². The van der Waals surface area contributed by atoms with Crippen molar-refractivity contribution in [1.29, 1.82) is 0 Å². The highest BCUT2D eigenvalue weighted by molar-refractivity contribution is 5.73. The van der Waals surface area contributed by atoms with Crippen LogP contribution in [0.15, 0.2) is 18.2 Å². The van der Waals surface area contributed by atoms with Gasteiger partial charge in [0.1, 0.15) is 11.2 Å². The first kappa shape index (κ1) is 31.0. The molecule has 2 aliphatic heterocycles. The number of amides is 1. The fraction of sp³-hybridized carbons (Fsp3) is 0.724. The van der Waals surface area contributed by atoms with E-state index in [1.807, 2.05) is 46.4 Å². The van der Waals surface area contributed by atoms with Gasteiger partial charge in [0.2, 0.25) is 0 Å². The van der Waals surface area contributed by atoms with Gasteiger partial charge < -0.3 is 24.6 Å². The molecule has 39 heavy (non-hydrogen) atoms. The molecule has 1 aromatic carbocycles. The van der Waals surface area contributed by atoms with E-state index in [1.54, 1.807) is 11.0 Å². The number of hydrogen-bond donors (Lipinski definition) is 1. The molecule has 3 rings (SSSR count). The third-order valence-electron chi connectivity index (χ3n) is 7.21. The molecule has 0 saturated carbocycles. The maximum atomic E-state index is 13.6. The molecule has 0 unspecified atom stereocenters. The molecule has 10 heteroatoms. The molecule has 2 aliphatic rings. The zero-order valence-electron chi connectivity index (χ0n) is 24.3. The van der Waals surface area contributed by atoms with E-state index in [0.717, 1.165) is 11.6 Å². The highest BCUT2D eigenvalue weighted by Crippen LogP contribution is 2.36. The number of halogens is 3. The summed E-state index contributed by atoms with van der Waals surface area (Å²) < 4.78 is 51.8. The second kappa shape index (κ2) is 11.6. The van der Waals surface area contributed by atoms with Crippen LogP contribution in [0.3, 0.4) is 0 Å². The largest absolute Gasteiger partial charge is 0.460 e. The molecule has 7 nitrogen and oxygen atoms in total. The topological polar surface area (TPSA) is 71.1 Å². The fourth-order valence-electron chi connectivity index (χ4n) is 4.92. The van der Waals surface area contributed by atoms with Crippen LogP contribution >= 0.6 is 0 Å². The van der Waals surface area contributed by atoms with E-state index in [1.165, 1.54) is 6.07 Å². The Bertz CT molecular complexity index is 1010. The van der Waals surface area contributed by atoms with Crippen LogP contribution in [0.5, 0.6) is 0 Å². The van der Waals surface area contributed by atoms with Crippen LogP contribution < -0.4 is 10.2 Å². The summed E-state index contributed by atoms with van der Waals surface area (Å²) in [5.41, 5.74) is -0.789. The van der Waals surface area contributed by atoms with Gasteiger partial charge in [0.15, 0.2) is 0 Å². The van der Waals surface area contributed by atoms with Gasteiger partial charge >= 0.3 is 18.2 Å². The van der Waals surface area contributed by atoms with E-state index in [0.29, 0.717) is 64.1 Å². The summed E-state index contributed by atoms with van der Waals surface area (Å²) in [4.78, 5) is 28.6. The van der Waals surface area contributed by atoms with Gasteiger partial charge in [0.25, 0.3) is 0 Å². The van der Waals surface area contributed by atoms with Crippen molar-refractivity contribution in [3.05, 3.63) is 29.3 Å². The van der Waals surface area contributed by atoms with Gasteiger partial charge in [0, 0.05) is 44.0 Å². The molecule has 0 aromatic heterocycles. The Morgan fingerprint density at radius 1 is 0.949 bits per heavy atom. The van der Waals surface area contributed by atoms with Crippen LogP contribution in [0.2, 0.25) is 0 Å². The first-order chi connectivity index (χ1) is 17.9. The molecule has 2 saturated heterocycles. The van der Waals surface area contributed by atoms with E-state index in [4.69, 9.17) is 9.47 Å². The molecule has 1 aromatic rings. The predicted octanol–water partition coefficient (Wildman–Crippen LogP) is 6.14. The molecular weight excluding hydrogens is 511 g/mol. The second-order valence-electron chi connectivity index (χ2n) is 13.0. The van der Waals surface area contributed by atoms with Crippen molar-refractivity contribution in [2.45, 2.75) is 104 Å². The zero-order valence-corrected chi connectivity index (χ0v) is 24.3. The zero-order chi connectivity index (χ0) is 29.2. The number of ether oxygens (including phenoxy) is 2. The lowest BCUT2D eigenvalue weighted by Gasteiger charge is -2.41. The Balaban J connectivity index is 1.68. The Morgan fingerprint density at radius 2 is 1.51 bits per heavy atom. The normalized spacial score (nSPS) is 19.1. The van der Waals surface area contributed by atoms with Crippen LogP contribution in [-0.2, 0) is 27.0 Å². The first-order valence-corrected chi connectivity index (χ1v) is 13.8. The maximum Gasteiger partial charge on any atom is 0.416 e. The van der Waals surface area contributed by atoms with E-state index in [-0.39, 0.29) is 23.5 Å². The van der Waals surface area contributed by atoms with Crippen LogP contribution in [0.25, 0.3) is 0 Å². The van der Waals surface area contributed by atoms with Crippen LogP contribution in [0.4, 0.5) is 23.7 Å². The van der Waals surface area contributed by atoms with E-state index >= 15 is 0 Å². The monoisotopic (exact) mass is 555 g/mol. The lowest BCUT2D eigenvalue weighted by molar-refractivity contribution is -0.160. The lowest BCUT2D eigenvalue weighted by Crippen LogP contribution is -2.53. The minimum absolute atomic E-state index is 0.251. The number of piperidine rings is 2. The number of rotatable bonds is 5. The second-order valence-corrected chi connectivity index (χ2v) is 13.0. The van der Waals surface area contributed by atoms with Gasteiger partial charge in [-0.2, -0.15) is 13.2 Å². The number of nitrogens with zero attached hydrogens (tertiary/aromatic N) is 2. The minimum Gasteiger partial charge on any atom is -0.460 e. The molecule has 0 bridgehead atoms. The van der Waals surface area contributed by atoms with Gasteiger partial charge in [-0.05, 0) is 91.8 Å². The summed E-state index contributed by atoms with van der Waals surface area (Å²) in [6.07, 6.45) is -2.33. The molecule has 0 radical (unpaired) electrons. The van der Waals surface area contributed by atoms with Crippen molar-refractivity contribution >= 4 is 17.7 Å². The summed E-state index contributed by atoms with van der Waals surface area (Å²) in [5.74, 6) is -0.513. The van der Waals surface area contributed by atoms with Gasteiger partial charge in [-0.1, -0.05) is 6.07 Å². The van der Waals surface area contributed by atoms with Crippen molar-refractivity contribution in [3.63, 3.8) is 0 Å². The van der Waals surface area contributed by atoms with Crippen molar-refractivity contribution in [3.8, 4) is 0 Å². The number of likely N-dealkylation sites (tertiary alicyclic amines) is 1. The van der Waals surface area contributed by atoms with E-state index in [2.05, 4.69) is 12.2 Å². The third-order valence-corrected chi connectivity index (χ3v) is 7.21. The molecule has 2 heterocycles. The van der Waals surface area contributed by atoms with Gasteiger partial charge in [-0.3, -0.25) is 4.79 Å². The highest BCUT2D eigenvalue weighted by Gasteiger charge is 2.36. The van der Waals surface area contributed by atoms with Crippen LogP contribution in [0.1, 0.15) is 85.3 Å². The minimum atomic E-state index is -4.45. The third kappa shape index (κ3) is 9.01. The van der Waals surface area contributed by atoms with Gasteiger partial charge in [0.05, 0.1) is 11.5 Å². The van der Waals surface area contributed by atoms with Gasteiger partial charge in [-0.25, -0.2) is 4.79 Å². The number of benzene rings is 1. The fourth-order valence-corrected chi connectivity index (χ4v) is 4.92. The van der Waals surface area contributed by atoms with Crippen LogP contribution in [-0.4, -0.2) is 59.9 Å². The molecule has 0 aliphatic carbocycles. The van der Waals surface area contributed by atoms with Crippen molar-refractivity contribution in [2.24, 2.45) is 5.92 Å². The average Bonchev–Trinajstić information content (AvgIpc) is 2.80. The number of nitrogens with one attached hydrogen (secondary N) is 1. The Labute approximate surface area is 230 Å². The number of anilines is 1. The first-order valence-electron chi connectivity index (χ1n) is 13.8. The van der Waals surface area contributed by atoms with Crippen molar-refractivity contribution in [1.82, 2.24) is 10.2 Å². The summed E-state index contributed by atoms with van der Waals surface area (Å²) >= 11 is 0. The average molecular weight is 556 g/mol. The maximum absolute atomic E-state index is 13.6.